The van der Waals surface area contributed by atoms with Crippen molar-refractivity contribution in [1.82, 2.24) is 9.97 Å². The van der Waals surface area contributed by atoms with Gasteiger partial charge < -0.3 is 5.73 Å². The highest BCUT2D eigenvalue weighted by Crippen LogP contribution is 2.25. The first kappa shape index (κ1) is 13.8. The number of carbonyl (C=O) groups excluding carboxylic acids is 2. The molecule has 2 N–H and O–H groups in total. The van der Waals surface area contributed by atoms with Crippen molar-refractivity contribution in [2.24, 2.45) is 5.92 Å². The van der Waals surface area contributed by atoms with Crippen LogP contribution in [-0.2, 0) is 9.59 Å². The molecule has 19 heavy (non-hydrogen) atoms. The molecule has 102 valence electrons. The van der Waals surface area contributed by atoms with Crippen LogP contribution in [0.5, 0.6) is 0 Å². The molecule has 1 amide bonds. The number of nitrogens with zero attached hydrogens (tertiary/aromatic N) is 3. The number of thioether (sulfide) groups is 1. The summed E-state index contributed by atoms with van der Waals surface area (Å²) in [5, 5.41) is 0.0712. The maximum atomic E-state index is 12.0. The van der Waals surface area contributed by atoms with Gasteiger partial charge in [-0.15, -0.1) is 0 Å². The van der Waals surface area contributed by atoms with Crippen molar-refractivity contribution in [1.29, 1.82) is 0 Å². The summed E-state index contributed by atoms with van der Waals surface area (Å²) in [6, 6.07) is 1.66. The third-order valence-corrected chi connectivity index (χ3v) is 3.88. The molecule has 1 aliphatic rings. The average Bonchev–Trinajstić information content (AvgIpc) is 2.66. The van der Waals surface area contributed by atoms with Crippen LogP contribution < -0.4 is 10.6 Å². The molecule has 1 saturated heterocycles. The van der Waals surface area contributed by atoms with Crippen LogP contribution in [0.15, 0.2) is 6.07 Å². The maximum Gasteiger partial charge on any atom is 0.234 e. The summed E-state index contributed by atoms with van der Waals surface area (Å²) in [4.78, 5) is 32.8. The monoisotopic (exact) mass is 280 g/mol. The van der Waals surface area contributed by atoms with Crippen molar-refractivity contribution in [3.63, 3.8) is 0 Å². The summed E-state index contributed by atoms with van der Waals surface area (Å²) in [6.07, 6.45) is 0.428. The highest BCUT2D eigenvalue weighted by molar-refractivity contribution is 8.13. The normalized spacial score (nSPS) is 18.9. The molecule has 1 atom stereocenters. The quantitative estimate of drug-likeness (QED) is 0.888. The number of hydrogen-bond acceptors (Lipinski definition) is 6. The minimum absolute atomic E-state index is 0.0147. The molecular weight excluding hydrogens is 264 g/mol. The van der Waals surface area contributed by atoms with Gasteiger partial charge in [0, 0.05) is 37.4 Å². The maximum absolute atomic E-state index is 12.0. The first-order chi connectivity index (χ1) is 8.95. The molecule has 2 rings (SSSR count). The van der Waals surface area contributed by atoms with Crippen LogP contribution in [0.2, 0.25) is 0 Å². The van der Waals surface area contributed by atoms with E-state index in [9.17, 15) is 9.59 Å². The molecule has 0 saturated carbocycles. The Bertz CT molecular complexity index is 500. The van der Waals surface area contributed by atoms with Gasteiger partial charge in [-0.2, -0.15) is 4.98 Å². The number of carbonyl (C=O) groups is 2. The second kappa shape index (κ2) is 5.56. The molecule has 0 spiro atoms. The molecule has 1 unspecified atom stereocenters. The van der Waals surface area contributed by atoms with E-state index in [1.54, 1.807) is 11.0 Å². The zero-order valence-electron chi connectivity index (χ0n) is 10.9. The second-order valence-corrected chi connectivity index (χ2v) is 5.81. The molecule has 1 aromatic heterocycles. The minimum Gasteiger partial charge on any atom is -0.384 e. The Morgan fingerprint density at radius 3 is 2.95 bits per heavy atom. The number of aryl methyl sites for hydroxylation is 1. The zero-order chi connectivity index (χ0) is 14.0. The Morgan fingerprint density at radius 2 is 2.32 bits per heavy atom. The topological polar surface area (TPSA) is 89.2 Å². The van der Waals surface area contributed by atoms with E-state index in [0.717, 1.165) is 5.69 Å². The summed E-state index contributed by atoms with van der Waals surface area (Å²) < 4.78 is 0. The van der Waals surface area contributed by atoms with Gasteiger partial charge in [0.05, 0.1) is 0 Å². The predicted molar refractivity (Wildman–Crippen MR) is 74.8 cm³/mol. The largest absolute Gasteiger partial charge is 0.384 e. The van der Waals surface area contributed by atoms with Crippen molar-refractivity contribution in [3.8, 4) is 0 Å². The van der Waals surface area contributed by atoms with Crippen molar-refractivity contribution in [3.05, 3.63) is 11.8 Å². The number of nitrogen functional groups attached to an aromatic ring is 1. The Balaban J connectivity index is 2.09. The van der Waals surface area contributed by atoms with Gasteiger partial charge in [-0.1, -0.05) is 11.8 Å². The molecule has 2 heterocycles. The van der Waals surface area contributed by atoms with Gasteiger partial charge in [0.1, 0.15) is 5.82 Å². The second-order valence-electron chi connectivity index (χ2n) is 4.61. The van der Waals surface area contributed by atoms with Crippen LogP contribution in [-0.4, -0.2) is 33.3 Å². The lowest BCUT2D eigenvalue weighted by Gasteiger charge is -2.15. The van der Waals surface area contributed by atoms with Crippen LogP contribution >= 0.6 is 11.8 Å². The zero-order valence-corrected chi connectivity index (χ0v) is 11.7. The summed E-state index contributed by atoms with van der Waals surface area (Å²) >= 11 is 1.25. The molecule has 0 bridgehead atoms. The molecule has 0 radical (unpaired) electrons. The molecule has 0 aliphatic carbocycles. The number of anilines is 2. The lowest BCUT2D eigenvalue weighted by atomic mass is 10.1. The Morgan fingerprint density at radius 1 is 1.58 bits per heavy atom. The average molecular weight is 280 g/mol. The van der Waals surface area contributed by atoms with Crippen molar-refractivity contribution in [2.45, 2.75) is 20.3 Å². The summed E-state index contributed by atoms with van der Waals surface area (Å²) in [5.74, 6) is 1.51. The van der Waals surface area contributed by atoms with E-state index in [-0.39, 0.29) is 16.9 Å². The van der Waals surface area contributed by atoms with E-state index in [1.165, 1.54) is 18.7 Å². The van der Waals surface area contributed by atoms with Crippen molar-refractivity contribution in [2.75, 3.05) is 22.9 Å². The van der Waals surface area contributed by atoms with Crippen molar-refractivity contribution < 1.29 is 9.59 Å². The van der Waals surface area contributed by atoms with E-state index in [1.807, 2.05) is 6.92 Å². The summed E-state index contributed by atoms with van der Waals surface area (Å²) in [5.41, 5.74) is 6.40. The highest BCUT2D eigenvalue weighted by atomic mass is 32.2. The Hall–Kier alpha value is -1.63. The molecule has 6 nitrogen and oxygen atoms in total. The van der Waals surface area contributed by atoms with Gasteiger partial charge in [0.15, 0.2) is 5.12 Å². The lowest BCUT2D eigenvalue weighted by molar-refractivity contribution is -0.117. The molecule has 7 heteroatoms. The van der Waals surface area contributed by atoms with Gasteiger partial charge in [-0.05, 0) is 12.8 Å². The summed E-state index contributed by atoms with van der Waals surface area (Å²) in [6.45, 7) is 3.89. The first-order valence-corrected chi connectivity index (χ1v) is 6.99. The Kier molecular flexibility index (Phi) is 4.04. The van der Waals surface area contributed by atoms with Gasteiger partial charge in [0.2, 0.25) is 11.9 Å². The van der Waals surface area contributed by atoms with E-state index >= 15 is 0 Å². The minimum atomic E-state index is -0.0147. The van der Waals surface area contributed by atoms with Crippen LogP contribution in [0.4, 0.5) is 11.8 Å². The molecular formula is C12H16N4O2S. The Labute approximate surface area is 115 Å². The first-order valence-electron chi connectivity index (χ1n) is 6.00. The number of nitrogens with two attached hydrogens (primary N) is 1. The van der Waals surface area contributed by atoms with Crippen molar-refractivity contribution >= 4 is 34.6 Å². The third-order valence-electron chi connectivity index (χ3n) is 2.83. The number of amides is 1. The fourth-order valence-electron chi connectivity index (χ4n) is 2.02. The van der Waals surface area contributed by atoms with E-state index < -0.39 is 0 Å². The van der Waals surface area contributed by atoms with Gasteiger partial charge >= 0.3 is 0 Å². The number of hydrogen-bond donors (Lipinski definition) is 1. The fraction of sp³-hybridized carbons (Fsp3) is 0.500. The van der Waals surface area contributed by atoms with E-state index in [4.69, 9.17) is 5.73 Å². The van der Waals surface area contributed by atoms with Crippen LogP contribution in [0.25, 0.3) is 0 Å². The predicted octanol–water partition coefficient (Wildman–Crippen LogP) is 1.000. The molecule has 1 fully saturated rings. The molecule has 0 aromatic carbocycles. The van der Waals surface area contributed by atoms with Gasteiger partial charge in [0.25, 0.3) is 0 Å². The highest BCUT2D eigenvalue weighted by Gasteiger charge is 2.32. The SMILES string of the molecule is CC(=O)SCC1CC(=O)N(c2nc(C)cc(N)n2)C1. The molecule has 1 aromatic rings. The smallest absolute Gasteiger partial charge is 0.234 e. The van der Waals surface area contributed by atoms with Crippen LogP contribution in [0.3, 0.4) is 0 Å². The van der Waals surface area contributed by atoms with E-state index in [0.29, 0.717) is 30.5 Å². The van der Waals surface area contributed by atoms with Crippen LogP contribution in [0, 0.1) is 12.8 Å². The van der Waals surface area contributed by atoms with Crippen LogP contribution in [0.1, 0.15) is 19.0 Å². The standard InChI is InChI=1S/C12H16N4O2S/c1-7-3-10(13)15-12(14-7)16-5-9(4-11(16)18)6-19-8(2)17/h3,9H,4-6H2,1-2H3,(H2,13,14,15). The van der Waals surface area contributed by atoms with Gasteiger partial charge in [-0.25, -0.2) is 4.98 Å². The summed E-state index contributed by atoms with van der Waals surface area (Å²) in [7, 11) is 0. The number of aromatic nitrogens is 2. The third kappa shape index (κ3) is 3.44. The molecule has 1 aliphatic heterocycles. The van der Waals surface area contributed by atoms with Gasteiger partial charge in [-0.3, -0.25) is 14.5 Å². The van der Waals surface area contributed by atoms with E-state index in [2.05, 4.69) is 9.97 Å². The lowest BCUT2D eigenvalue weighted by Crippen LogP contribution is -2.27. The fourth-order valence-corrected chi connectivity index (χ4v) is 2.71. The number of rotatable bonds is 3.